The molecule has 0 aliphatic heterocycles. The molecule has 88 valence electrons. The van der Waals surface area contributed by atoms with Crippen molar-refractivity contribution in [2.24, 2.45) is 5.73 Å². The second kappa shape index (κ2) is 6.42. The zero-order valence-corrected chi connectivity index (χ0v) is 10.4. The van der Waals surface area contributed by atoms with E-state index in [1.54, 1.807) is 0 Å². The summed E-state index contributed by atoms with van der Waals surface area (Å²) in [5.41, 5.74) is 7.03. The maximum atomic E-state index is 5.69. The molecule has 0 fully saturated rings. The standard InChI is InChI=1S/C14H16N2S/c15-9-6-14(12-4-2-1-3-5-12)17-13-7-10-16-11-8-13/h1-5,7-8,10-11,14H,6,9,15H2. The first-order chi connectivity index (χ1) is 8.40. The lowest BCUT2D eigenvalue weighted by molar-refractivity contribution is 0.814. The minimum absolute atomic E-state index is 0.420. The number of aromatic nitrogens is 1. The normalized spacial score (nSPS) is 12.3. The summed E-state index contributed by atoms with van der Waals surface area (Å²) in [6.45, 7) is 0.706. The predicted octanol–water partition coefficient (Wildman–Crippen LogP) is 3.26. The van der Waals surface area contributed by atoms with Gasteiger partial charge in [-0.05, 0) is 30.7 Å². The zero-order chi connectivity index (χ0) is 11.9. The molecule has 0 spiro atoms. The molecule has 3 heteroatoms. The number of nitrogens with two attached hydrogens (primary N) is 1. The van der Waals surface area contributed by atoms with Gasteiger partial charge in [0, 0.05) is 22.5 Å². The second-order valence-corrected chi connectivity index (χ2v) is 5.05. The van der Waals surface area contributed by atoms with E-state index in [4.69, 9.17) is 5.73 Å². The number of thioether (sulfide) groups is 1. The highest BCUT2D eigenvalue weighted by Crippen LogP contribution is 2.36. The van der Waals surface area contributed by atoms with Gasteiger partial charge in [0.15, 0.2) is 0 Å². The van der Waals surface area contributed by atoms with E-state index in [9.17, 15) is 0 Å². The topological polar surface area (TPSA) is 38.9 Å². The molecule has 0 saturated heterocycles. The van der Waals surface area contributed by atoms with Crippen LogP contribution in [-0.4, -0.2) is 11.5 Å². The summed E-state index contributed by atoms with van der Waals surface area (Å²) >= 11 is 1.85. The molecule has 1 aromatic heterocycles. The highest BCUT2D eigenvalue weighted by molar-refractivity contribution is 7.99. The van der Waals surface area contributed by atoms with Gasteiger partial charge in [-0.15, -0.1) is 11.8 Å². The summed E-state index contributed by atoms with van der Waals surface area (Å²) in [6, 6.07) is 14.6. The Morgan fingerprint density at radius 2 is 1.76 bits per heavy atom. The molecule has 2 aromatic rings. The Kier molecular flexibility index (Phi) is 4.59. The average Bonchev–Trinajstić information content (AvgIpc) is 2.40. The molecule has 0 saturated carbocycles. The molecule has 1 atom stereocenters. The molecule has 1 unspecified atom stereocenters. The molecule has 1 aromatic carbocycles. The summed E-state index contributed by atoms with van der Waals surface area (Å²) in [7, 11) is 0. The van der Waals surface area contributed by atoms with Crippen LogP contribution in [0.15, 0.2) is 59.8 Å². The Labute approximate surface area is 106 Å². The molecule has 0 bridgehead atoms. The van der Waals surface area contributed by atoms with Gasteiger partial charge < -0.3 is 5.73 Å². The highest BCUT2D eigenvalue weighted by Gasteiger charge is 2.11. The summed E-state index contributed by atoms with van der Waals surface area (Å²) < 4.78 is 0. The van der Waals surface area contributed by atoms with E-state index in [0.29, 0.717) is 11.8 Å². The van der Waals surface area contributed by atoms with Crippen LogP contribution in [0.5, 0.6) is 0 Å². The van der Waals surface area contributed by atoms with Gasteiger partial charge in [0.05, 0.1) is 0 Å². The molecule has 0 aliphatic carbocycles. The fourth-order valence-electron chi connectivity index (χ4n) is 1.69. The number of pyridine rings is 1. The predicted molar refractivity (Wildman–Crippen MR) is 72.9 cm³/mol. The smallest absolute Gasteiger partial charge is 0.0356 e. The van der Waals surface area contributed by atoms with Gasteiger partial charge in [0.25, 0.3) is 0 Å². The SMILES string of the molecule is NCCC(Sc1ccncc1)c1ccccc1. The van der Waals surface area contributed by atoms with E-state index < -0.39 is 0 Å². The molecule has 1 heterocycles. The van der Waals surface area contributed by atoms with Gasteiger partial charge >= 0.3 is 0 Å². The molecule has 2 N–H and O–H groups in total. The monoisotopic (exact) mass is 244 g/mol. The first kappa shape index (κ1) is 12.1. The van der Waals surface area contributed by atoms with Crippen molar-refractivity contribution in [3.8, 4) is 0 Å². The van der Waals surface area contributed by atoms with E-state index >= 15 is 0 Å². The molecule has 2 nitrogen and oxygen atoms in total. The Morgan fingerprint density at radius 1 is 1.06 bits per heavy atom. The molecule has 2 rings (SSSR count). The Bertz CT molecular complexity index is 430. The fourth-order valence-corrected chi connectivity index (χ4v) is 2.85. The maximum absolute atomic E-state index is 5.69. The van der Waals surface area contributed by atoms with Crippen molar-refractivity contribution in [2.45, 2.75) is 16.6 Å². The van der Waals surface area contributed by atoms with Crippen molar-refractivity contribution in [3.63, 3.8) is 0 Å². The minimum atomic E-state index is 0.420. The number of rotatable bonds is 5. The summed E-state index contributed by atoms with van der Waals surface area (Å²) in [4.78, 5) is 5.27. The van der Waals surface area contributed by atoms with Crippen molar-refractivity contribution in [1.82, 2.24) is 4.98 Å². The number of hydrogen-bond donors (Lipinski definition) is 1. The highest BCUT2D eigenvalue weighted by atomic mass is 32.2. The molecule has 17 heavy (non-hydrogen) atoms. The van der Waals surface area contributed by atoms with E-state index in [0.717, 1.165) is 6.42 Å². The van der Waals surface area contributed by atoms with Crippen LogP contribution >= 0.6 is 11.8 Å². The van der Waals surface area contributed by atoms with Crippen molar-refractivity contribution < 1.29 is 0 Å². The minimum Gasteiger partial charge on any atom is -0.330 e. The maximum Gasteiger partial charge on any atom is 0.0356 e. The van der Waals surface area contributed by atoms with Gasteiger partial charge in [-0.2, -0.15) is 0 Å². The molecular formula is C14H16N2S. The third-order valence-corrected chi connectivity index (χ3v) is 3.87. The van der Waals surface area contributed by atoms with E-state index in [1.165, 1.54) is 10.5 Å². The van der Waals surface area contributed by atoms with Gasteiger partial charge in [-0.25, -0.2) is 0 Å². The van der Waals surface area contributed by atoms with Crippen molar-refractivity contribution >= 4 is 11.8 Å². The quantitative estimate of drug-likeness (QED) is 0.820. The van der Waals surface area contributed by atoms with Crippen LogP contribution in [0.2, 0.25) is 0 Å². The lowest BCUT2D eigenvalue weighted by Crippen LogP contribution is -2.04. The van der Waals surface area contributed by atoms with E-state index in [1.807, 2.05) is 42.4 Å². The first-order valence-electron chi connectivity index (χ1n) is 5.72. The molecule has 0 amide bonds. The lowest BCUT2D eigenvalue weighted by atomic mass is 10.1. The second-order valence-electron chi connectivity index (χ2n) is 3.78. The van der Waals surface area contributed by atoms with Crippen LogP contribution in [0, 0.1) is 0 Å². The van der Waals surface area contributed by atoms with Crippen LogP contribution in [0.25, 0.3) is 0 Å². The van der Waals surface area contributed by atoms with Gasteiger partial charge in [-0.1, -0.05) is 30.3 Å². The summed E-state index contributed by atoms with van der Waals surface area (Å²) in [5.74, 6) is 0. The third-order valence-electron chi connectivity index (χ3n) is 2.53. The van der Waals surface area contributed by atoms with Crippen LogP contribution < -0.4 is 5.73 Å². The summed E-state index contributed by atoms with van der Waals surface area (Å²) in [5, 5.41) is 0.420. The average molecular weight is 244 g/mol. The number of hydrogen-bond acceptors (Lipinski definition) is 3. The number of benzene rings is 1. The molecule has 0 aliphatic rings. The van der Waals surface area contributed by atoms with Gasteiger partial charge in [0.2, 0.25) is 0 Å². The van der Waals surface area contributed by atoms with Crippen LogP contribution in [0.1, 0.15) is 17.2 Å². The van der Waals surface area contributed by atoms with Gasteiger partial charge in [0.1, 0.15) is 0 Å². The third kappa shape index (κ3) is 3.58. The molecular weight excluding hydrogens is 228 g/mol. The Morgan fingerprint density at radius 3 is 2.41 bits per heavy atom. The van der Waals surface area contributed by atoms with Crippen molar-refractivity contribution in [3.05, 3.63) is 60.4 Å². The van der Waals surface area contributed by atoms with E-state index in [-0.39, 0.29) is 0 Å². The van der Waals surface area contributed by atoms with Gasteiger partial charge in [-0.3, -0.25) is 4.98 Å². The Balaban J connectivity index is 2.13. The van der Waals surface area contributed by atoms with Crippen molar-refractivity contribution in [2.75, 3.05) is 6.54 Å². The lowest BCUT2D eigenvalue weighted by Gasteiger charge is -2.15. The van der Waals surface area contributed by atoms with Crippen LogP contribution in [0.4, 0.5) is 0 Å². The first-order valence-corrected chi connectivity index (χ1v) is 6.60. The molecule has 0 radical (unpaired) electrons. The Hall–Kier alpha value is -1.32. The number of nitrogens with zero attached hydrogens (tertiary/aromatic N) is 1. The largest absolute Gasteiger partial charge is 0.330 e. The summed E-state index contributed by atoms with van der Waals surface area (Å²) in [6.07, 6.45) is 4.64. The van der Waals surface area contributed by atoms with Crippen LogP contribution in [-0.2, 0) is 0 Å². The zero-order valence-electron chi connectivity index (χ0n) is 9.62. The van der Waals surface area contributed by atoms with Crippen LogP contribution in [0.3, 0.4) is 0 Å². The fraction of sp³-hybridized carbons (Fsp3) is 0.214. The van der Waals surface area contributed by atoms with Crippen molar-refractivity contribution in [1.29, 1.82) is 0 Å². The van der Waals surface area contributed by atoms with E-state index in [2.05, 4.69) is 29.2 Å².